The van der Waals surface area contributed by atoms with Crippen LogP contribution in [0.5, 0.6) is 0 Å². The van der Waals surface area contributed by atoms with Crippen molar-refractivity contribution in [2.75, 3.05) is 14.7 Å². The Bertz CT molecular complexity index is 4660. The zero-order valence-electron chi connectivity index (χ0n) is 48.9. The van der Waals surface area contributed by atoms with Gasteiger partial charge in [0.25, 0.3) is 6.71 Å². The maximum atomic E-state index is 6.60. The predicted octanol–water partition coefficient (Wildman–Crippen LogP) is 20.4. The van der Waals surface area contributed by atoms with E-state index >= 15 is 0 Å². The third-order valence-electron chi connectivity index (χ3n) is 17.6. The Labute approximate surface area is 499 Å². The summed E-state index contributed by atoms with van der Waals surface area (Å²) in [7, 11) is 0. The zero-order chi connectivity index (χ0) is 57.6. The van der Waals surface area contributed by atoms with E-state index in [4.69, 9.17) is 4.42 Å². The molecule has 2 aliphatic heterocycles. The normalized spacial score (nSPS) is 12.8. The molecule has 0 fully saturated rings. The molecule has 0 bridgehead atoms. The average Bonchev–Trinajstić information content (AvgIpc) is 1.24. The summed E-state index contributed by atoms with van der Waals surface area (Å²) in [5.74, 6) is 0. The van der Waals surface area contributed by atoms with Crippen molar-refractivity contribution in [3.05, 3.63) is 290 Å². The summed E-state index contributed by atoms with van der Waals surface area (Å²) in [4.78, 5) is 7.59. The highest BCUT2D eigenvalue weighted by Crippen LogP contribution is 2.50. The summed E-state index contributed by atoms with van der Waals surface area (Å²) in [6.07, 6.45) is 0. The minimum absolute atomic E-state index is 0.0543. The van der Waals surface area contributed by atoms with Crippen molar-refractivity contribution < 1.29 is 4.42 Å². The number of fused-ring (bicyclic) bond motifs is 7. The highest BCUT2D eigenvalue weighted by molar-refractivity contribution is 7.00. The summed E-state index contributed by atoms with van der Waals surface area (Å²) in [6.45, 7) is 13.8. The van der Waals surface area contributed by atoms with Gasteiger partial charge in [0.1, 0.15) is 11.2 Å². The van der Waals surface area contributed by atoms with Gasteiger partial charge in [0.15, 0.2) is 0 Å². The number of hydrogen-bond acceptors (Lipinski definition) is 4. The van der Waals surface area contributed by atoms with Crippen molar-refractivity contribution in [3.8, 4) is 44.5 Å². The molecule has 0 saturated heterocycles. The number of benzene rings is 12. The third kappa shape index (κ3) is 9.01. The van der Waals surface area contributed by atoms with Gasteiger partial charge in [-0.15, -0.1) is 0 Å². The molecule has 12 aromatic carbocycles. The van der Waals surface area contributed by atoms with E-state index in [1.54, 1.807) is 0 Å². The van der Waals surface area contributed by atoms with E-state index in [0.717, 1.165) is 72.9 Å². The van der Waals surface area contributed by atoms with Crippen LogP contribution in [0, 0.1) is 0 Å². The van der Waals surface area contributed by atoms with Crippen molar-refractivity contribution in [1.29, 1.82) is 0 Å². The molecule has 1 aromatic heterocycles. The number of rotatable bonds is 9. The van der Waals surface area contributed by atoms with Crippen LogP contribution in [0.25, 0.3) is 66.4 Å². The van der Waals surface area contributed by atoms with Gasteiger partial charge in [0, 0.05) is 67.4 Å². The van der Waals surface area contributed by atoms with E-state index in [-0.39, 0.29) is 17.5 Å². The zero-order valence-corrected chi connectivity index (χ0v) is 48.9. The molecule has 0 spiro atoms. The molecule has 13 aromatic rings. The molecule has 408 valence electrons. The van der Waals surface area contributed by atoms with E-state index in [2.05, 4.69) is 329 Å². The lowest BCUT2D eigenvalue weighted by Gasteiger charge is -2.45. The van der Waals surface area contributed by atoms with Crippen molar-refractivity contribution >= 4 is 96.2 Å². The Hall–Kier alpha value is -10.1. The van der Waals surface area contributed by atoms with Crippen molar-refractivity contribution in [3.63, 3.8) is 0 Å². The number of anilines is 9. The van der Waals surface area contributed by atoms with E-state index in [9.17, 15) is 0 Å². The third-order valence-corrected chi connectivity index (χ3v) is 17.6. The Morgan fingerprint density at radius 1 is 0.341 bits per heavy atom. The molecule has 85 heavy (non-hydrogen) atoms. The van der Waals surface area contributed by atoms with Crippen LogP contribution in [0.4, 0.5) is 51.2 Å². The highest BCUT2D eigenvalue weighted by atomic mass is 16.3. The number of furan rings is 1. The number of para-hydroxylation sites is 3. The second-order valence-corrected chi connectivity index (χ2v) is 24.9. The SMILES string of the molecule is CC(C)(C)c1ccc(N(c2ccccc2)c2ccc3c(c2)N(c2ccc(-c4ccccc4)cc2)c2cc(C(C)(C)C)cc4c2B3c2cc(-c3ccccc3)ccc2N4c2ccc(-c3cccc4c3oc3ccccc34)cc2)c(-c2ccccc2)c1. The molecule has 0 amide bonds. The van der Waals surface area contributed by atoms with Gasteiger partial charge in [-0.3, -0.25) is 0 Å². The Balaban J connectivity index is 0.984. The highest BCUT2D eigenvalue weighted by Gasteiger charge is 2.45. The molecule has 2 aliphatic rings. The smallest absolute Gasteiger partial charge is 0.252 e. The van der Waals surface area contributed by atoms with Gasteiger partial charge in [-0.2, -0.15) is 0 Å². The summed E-state index contributed by atoms with van der Waals surface area (Å²) in [5, 5.41) is 2.25. The summed E-state index contributed by atoms with van der Waals surface area (Å²) >= 11 is 0. The van der Waals surface area contributed by atoms with Crippen molar-refractivity contribution in [2.24, 2.45) is 0 Å². The first-order valence-corrected chi connectivity index (χ1v) is 29.8. The summed E-state index contributed by atoms with van der Waals surface area (Å²) < 4.78 is 6.60. The van der Waals surface area contributed by atoms with E-state index in [1.165, 1.54) is 72.3 Å². The fourth-order valence-electron chi connectivity index (χ4n) is 13.2. The largest absolute Gasteiger partial charge is 0.455 e. The van der Waals surface area contributed by atoms with Crippen molar-refractivity contribution in [2.45, 2.75) is 52.4 Å². The van der Waals surface area contributed by atoms with Gasteiger partial charge >= 0.3 is 0 Å². The standard InChI is InChI=1S/C80H64BN3O/c1-79(2,3)59-39-47-71(68(49-59)56-26-15-9-16-27-56)82(61-28-17-10-18-29-61)64-44-45-69-73(52-64)84(63-40-34-55(35-41-63)53-22-11-7-12-23-53)75-51-60(80(4,5)6)50-74-77(75)81(69)70-48-58(54-24-13-8-14-25-54)38-46-72(70)83(74)62-42-36-57(37-43-62)65-31-21-32-67-66-30-19-20-33-76(66)85-78(65)67/h7-52H,1-6H3. The average molecular weight is 1090 g/mol. The topological polar surface area (TPSA) is 22.9 Å². The summed E-state index contributed by atoms with van der Waals surface area (Å²) in [5.41, 5.74) is 27.2. The van der Waals surface area contributed by atoms with Gasteiger partial charge in [-0.1, -0.05) is 236 Å². The van der Waals surface area contributed by atoms with Crippen LogP contribution in [-0.4, -0.2) is 6.71 Å². The van der Waals surface area contributed by atoms with Gasteiger partial charge in [-0.25, -0.2) is 0 Å². The molecule has 0 unspecified atom stereocenters. The Morgan fingerprint density at radius 2 is 0.871 bits per heavy atom. The van der Waals surface area contributed by atoms with Crippen LogP contribution in [-0.2, 0) is 10.8 Å². The van der Waals surface area contributed by atoms with Gasteiger partial charge in [0.2, 0.25) is 0 Å². The molecule has 5 heteroatoms. The van der Waals surface area contributed by atoms with Crippen LogP contribution in [0.3, 0.4) is 0 Å². The minimum atomic E-state index is -0.207. The molecule has 0 saturated carbocycles. The fraction of sp³-hybridized carbons (Fsp3) is 0.100. The fourth-order valence-corrected chi connectivity index (χ4v) is 13.2. The monoisotopic (exact) mass is 1090 g/mol. The Morgan fingerprint density at radius 3 is 1.52 bits per heavy atom. The van der Waals surface area contributed by atoms with Crippen LogP contribution >= 0.6 is 0 Å². The van der Waals surface area contributed by atoms with Crippen LogP contribution < -0.4 is 31.1 Å². The number of hydrogen-bond donors (Lipinski definition) is 0. The molecule has 0 radical (unpaired) electrons. The molecular weight excluding hydrogens is 1030 g/mol. The number of nitrogens with zero attached hydrogens (tertiary/aromatic N) is 3. The minimum Gasteiger partial charge on any atom is -0.455 e. The Kier molecular flexibility index (Phi) is 12.4. The van der Waals surface area contributed by atoms with Gasteiger partial charge in [-0.05, 0) is 157 Å². The molecule has 0 atom stereocenters. The maximum absolute atomic E-state index is 6.60. The van der Waals surface area contributed by atoms with Crippen molar-refractivity contribution in [1.82, 2.24) is 0 Å². The summed E-state index contributed by atoms with van der Waals surface area (Å²) in [6, 6.07) is 103. The second kappa shape index (κ2) is 20.4. The predicted molar refractivity (Wildman–Crippen MR) is 362 cm³/mol. The van der Waals surface area contributed by atoms with E-state index < -0.39 is 0 Å². The molecule has 4 nitrogen and oxygen atoms in total. The lowest BCUT2D eigenvalue weighted by Crippen LogP contribution is -2.61. The second-order valence-electron chi connectivity index (χ2n) is 24.9. The van der Waals surface area contributed by atoms with E-state index in [0.29, 0.717) is 0 Å². The first-order chi connectivity index (χ1) is 41.4. The van der Waals surface area contributed by atoms with Crippen LogP contribution in [0.15, 0.2) is 283 Å². The quantitative estimate of drug-likeness (QED) is 0.134. The lowest BCUT2D eigenvalue weighted by atomic mass is 9.33. The van der Waals surface area contributed by atoms with Crippen LogP contribution in [0.1, 0.15) is 52.7 Å². The first-order valence-electron chi connectivity index (χ1n) is 29.8. The van der Waals surface area contributed by atoms with E-state index in [1.807, 2.05) is 6.07 Å². The molecule has 15 rings (SSSR count). The molecular formula is C80H64BN3O. The first kappa shape index (κ1) is 51.8. The maximum Gasteiger partial charge on any atom is 0.252 e. The molecule has 0 aliphatic carbocycles. The molecule has 0 N–H and O–H groups in total. The lowest BCUT2D eigenvalue weighted by molar-refractivity contribution is 0.590. The van der Waals surface area contributed by atoms with Crippen LogP contribution in [0.2, 0.25) is 0 Å². The van der Waals surface area contributed by atoms with Gasteiger partial charge in [0.05, 0.1) is 5.69 Å². The van der Waals surface area contributed by atoms with Gasteiger partial charge < -0.3 is 19.1 Å². The molecule has 3 heterocycles.